The highest BCUT2D eigenvalue weighted by atomic mass is 127. The van der Waals surface area contributed by atoms with Crippen molar-refractivity contribution in [2.45, 2.75) is 45.3 Å². The van der Waals surface area contributed by atoms with Crippen molar-refractivity contribution in [2.24, 2.45) is 4.99 Å². The van der Waals surface area contributed by atoms with Gasteiger partial charge in [0.25, 0.3) is 0 Å². The highest BCUT2D eigenvalue weighted by molar-refractivity contribution is 14.0. The third-order valence-corrected chi connectivity index (χ3v) is 4.36. The molecule has 0 spiro atoms. The van der Waals surface area contributed by atoms with E-state index in [1.807, 2.05) is 0 Å². The molecule has 0 aliphatic carbocycles. The van der Waals surface area contributed by atoms with Crippen LogP contribution in [-0.4, -0.2) is 66.3 Å². The highest BCUT2D eigenvalue weighted by Gasteiger charge is 2.32. The molecule has 2 heterocycles. The summed E-state index contributed by atoms with van der Waals surface area (Å²) in [6.07, 6.45) is 4.42. The predicted molar refractivity (Wildman–Crippen MR) is 109 cm³/mol. The second-order valence-electron chi connectivity index (χ2n) is 5.92. The number of hydrogen-bond acceptors (Lipinski definition) is 5. The molecule has 0 aromatic carbocycles. The monoisotopic (exact) mass is 466 g/mol. The lowest BCUT2D eigenvalue weighted by Crippen LogP contribution is -2.44. The fraction of sp³-hybridized carbons (Fsp3) is 0.812. The maximum absolute atomic E-state index is 5.74. The zero-order chi connectivity index (χ0) is 17.3. The van der Waals surface area contributed by atoms with Gasteiger partial charge in [0, 0.05) is 59.2 Å². The van der Waals surface area contributed by atoms with Crippen LogP contribution in [0.15, 0.2) is 11.3 Å². The second kappa shape index (κ2) is 11.6. The van der Waals surface area contributed by atoms with Crippen molar-refractivity contribution in [3.63, 3.8) is 0 Å². The minimum absolute atomic E-state index is 0. The number of nitrogens with zero attached hydrogens (tertiary/aromatic N) is 4. The minimum Gasteiger partial charge on any atom is -0.381 e. The lowest BCUT2D eigenvalue weighted by atomic mass is 9.94. The molecule has 0 radical (unpaired) electrons. The van der Waals surface area contributed by atoms with Gasteiger partial charge in [-0.2, -0.15) is 0 Å². The molecular weight excluding hydrogens is 435 g/mol. The number of aliphatic imine (C=N–C) groups is 1. The van der Waals surface area contributed by atoms with E-state index in [1.165, 1.54) is 0 Å². The molecule has 1 aromatic rings. The molecular formula is C16H31IN6O2. The molecule has 0 amide bonds. The Balaban J connectivity index is 0.00000312. The van der Waals surface area contributed by atoms with E-state index in [4.69, 9.17) is 14.5 Å². The quantitative estimate of drug-likeness (QED) is 0.341. The summed E-state index contributed by atoms with van der Waals surface area (Å²) in [6, 6.07) is 0. The third kappa shape index (κ3) is 6.70. The van der Waals surface area contributed by atoms with Crippen molar-refractivity contribution in [3.8, 4) is 0 Å². The topological polar surface area (TPSA) is 85.6 Å². The molecule has 0 saturated carbocycles. The van der Waals surface area contributed by atoms with E-state index < -0.39 is 0 Å². The average Bonchev–Trinajstić information content (AvgIpc) is 3.08. The van der Waals surface area contributed by atoms with Gasteiger partial charge in [-0.05, 0) is 6.92 Å². The number of rotatable bonds is 8. The van der Waals surface area contributed by atoms with Crippen molar-refractivity contribution in [2.75, 3.05) is 40.0 Å². The number of halogens is 1. The summed E-state index contributed by atoms with van der Waals surface area (Å²) >= 11 is 0. The molecule has 0 unspecified atom stereocenters. The van der Waals surface area contributed by atoms with E-state index in [0.29, 0.717) is 6.54 Å². The number of ether oxygens (including phenoxy) is 2. The van der Waals surface area contributed by atoms with Gasteiger partial charge in [0.2, 0.25) is 0 Å². The summed E-state index contributed by atoms with van der Waals surface area (Å²) in [7, 11) is 1.76. The van der Waals surface area contributed by atoms with Gasteiger partial charge < -0.3 is 24.7 Å². The first-order valence-corrected chi connectivity index (χ1v) is 8.74. The zero-order valence-corrected chi connectivity index (χ0v) is 17.8. The van der Waals surface area contributed by atoms with E-state index in [-0.39, 0.29) is 29.6 Å². The molecule has 9 heteroatoms. The summed E-state index contributed by atoms with van der Waals surface area (Å²) in [5.74, 6) is 1.81. The van der Waals surface area contributed by atoms with E-state index in [0.717, 1.165) is 63.9 Å². The van der Waals surface area contributed by atoms with Crippen LogP contribution in [0.4, 0.5) is 0 Å². The molecule has 1 aliphatic rings. The summed E-state index contributed by atoms with van der Waals surface area (Å²) in [5.41, 5.74) is -0.204. The van der Waals surface area contributed by atoms with Gasteiger partial charge in [-0.25, -0.2) is 0 Å². The normalized spacial score (nSPS) is 17.0. The molecule has 1 saturated heterocycles. The number of nitrogens with one attached hydrogen (secondary N) is 2. The van der Waals surface area contributed by atoms with Crippen molar-refractivity contribution in [1.82, 2.24) is 25.4 Å². The van der Waals surface area contributed by atoms with Crippen molar-refractivity contribution < 1.29 is 9.47 Å². The van der Waals surface area contributed by atoms with E-state index >= 15 is 0 Å². The molecule has 2 N–H and O–H groups in total. The summed E-state index contributed by atoms with van der Waals surface area (Å²) in [4.78, 5) is 4.71. The average molecular weight is 466 g/mol. The lowest BCUT2D eigenvalue weighted by molar-refractivity contribution is -0.0828. The first kappa shape index (κ1) is 22.1. The molecule has 2 rings (SSSR count). The fourth-order valence-electron chi connectivity index (χ4n) is 2.77. The van der Waals surface area contributed by atoms with Gasteiger partial charge >= 0.3 is 0 Å². The van der Waals surface area contributed by atoms with Crippen LogP contribution in [0.2, 0.25) is 0 Å². The van der Waals surface area contributed by atoms with Crippen molar-refractivity contribution in [3.05, 3.63) is 12.2 Å². The first-order valence-electron chi connectivity index (χ1n) is 8.74. The van der Waals surface area contributed by atoms with Crippen LogP contribution >= 0.6 is 24.0 Å². The molecule has 1 aliphatic heterocycles. The zero-order valence-electron chi connectivity index (χ0n) is 15.5. The van der Waals surface area contributed by atoms with E-state index in [9.17, 15) is 0 Å². The van der Waals surface area contributed by atoms with Crippen LogP contribution in [0.1, 0.15) is 32.5 Å². The van der Waals surface area contributed by atoms with Crippen LogP contribution in [-0.2, 0) is 22.4 Å². The first-order chi connectivity index (χ1) is 11.7. The van der Waals surface area contributed by atoms with Crippen LogP contribution in [0.3, 0.4) is 0 Å². The summed E-state index contributed by atoms with van der Waals surface area (Å²) < 4.78 is 13.2. The van der Waals surface area contributed by atoms with Crippen LogP contribution in [0, 0.1) is 0 Å². The van der Waals surface area contributed by atoms with E-state index in [1.54, 1.807) is 13.4 Å². The largest absolute Gasteiger partial charge is 0.381 e. The smallest absolute Gasteiger partial charge is 0.191 e. The SMILES string of the molecule is CCNC(=NCC1(OC)CCOCC1)NCCn1cnnc1CC.I. The van der Waals surface area contributed by atoms with Gasteiger partial charge in [0.15, 0.2) is 5.96 Å². The molecule has 25 heavy (non-hydrogen) atoms. The molecule has 1 fully saturated rings. The van der Waals surface area contributed by atoms with Gasteiger partial charge in [-0.3, -0.25) is 4.99 Å². The Morgan fingerprint density at radius 2 is 2.12 bits per heavy atom. The van der Waals surface area contributed by atoms with Gasteiger partial charge in [0.1, 0.15) is 12.2 Å². The maximum atomic E-state index is 5.74. The second-order valence-corrected chi connectivity index (χ2v) is 5.92. The fourth-order valence-corrected chi connectivity index (χ4v) is 2.77. The number of guanidine groups is 1. The Labute approximate surface area is 167 Å². The number of methoxy groups -OCH3 is 1. The van der Waals surface area contributed by atoms with Gasteiger partial charge in [-0.15, -0.1) is 34.2 Å². The number of hydrogen-bond donors (Lipinski definition) is 2. The van der Waals surface area contributed by atoms with Gasteiger partial charge in [0.05, 0.1) is 12.1 Å². The van der Waals surface area contributed by atoms with Crippen LogP contribution in [0.5, 0.6) is 0 Å². The van der Waals surface area contributed by atoms with Crippen LogP contribution < -0.4 is 10.6 Å². The molecule has 8 nitrogen and oxygen atoms in total. The Morgan fingerprint density at radius 3 is 2.76 bits per heavy atom. The highest BCUT2D eigenvalue weighted by Crippen LogP contribution is 2.24. The molecule has 0 atom stereocenters. The third-order valence-electron chi connectivity index (χ3n) is 4.36. The van der Waals surface area contributed by atoms with Crippen LogP contribution in [0.25, 0.3) is 0 Å². The molecule has 0 bridgehead atoms. The number of aryl methyl sites for hydroxylation is 1. The lowest BCUT2D eigenvalue weighted by Gasteiger charge is -2.34. The number of aromatic nitrogens is 3. The summed E-state index contributed by atoms with van der Waals surface area (Å²) in [6.45, 7) is 8.65. The van der Waals surface area contributed by atoms with Crippen molar-refractivity contribution in [1.29, 1.82) is 0 Å². The Bertz CT molecular complexity index is 516. The Morgan fingerprint density at radius 1 is 1.36 bits per heavy atom. The maximum Gasteiger partial charge on any atom is 0.191 e. The standard InChI is InChI=1S/C16H30N6O2.HI/c1-4-14-21-20-13-22(14)9-8-18-15(17-5-2)19-12-16(23-3)6-10-24-11-7-16;/h13H,4-12H2,1-3H3,(H2,17,18,19);1H. The Hall–Kier alpha value is -0.940. The predicted octanol–water partition coefficient (Wildman–Crippen LogP) is 1.21. The minimum atomic E-state index is -0.204. The molecule has 144 valence electrons. The van der Waals surface area contributed by atoms with E-state index in [2.05, 4.69) is 39.2 Å². The Kier molecular flexibility index (Phi) is 10.3. The van der Waals surface area contributed by atoms with Crippen molar-refractivity contribution >= 4 is 29.9 Å². The molecule has 1 aromatic heterocycles. The van der Waals surface area contributed by atoms with Gasteiger partial charge in [-0.1, -0.05) is 6.92 Å². The summed E-state index contributed by atoms with van der Waals surface area (Å²) in [5, 5.41) is 14.7.